The Labute approximate surface area is 576 Å². The van der Waals surface area contributed by atoms with Crippen LogP contribution in [0.5, 0.6) is 0 Å². The minimum absolute atomic E-state index is 0.00698. The summed E-state index contributed by atoms with van der Waals surface area (Å²) in [6.45, 7) is 11.1. The van der Waals surface area contributed by atoms with Crippen LogP contribution < -0.4 is 26.8 Å². The first kappa shape index (κ1) is 77.2. The number of imide groups is 1. The first-order valence-electron chi connectivity index (χ1n) is 34.1. The molecule has 0 bridgehead atoms. The molecule has 1 aromatic carbocycles. The molecule has 2 aromatic heterocycles. The summed E-state index contributed by atoms with van der Waals surface area (Å²) >= 11 is 1.22. The number of aliphatic hydroxyl groups is 6. The molecule has 10 N–H and O–H groups in total. The zero-order valence-corrected chi connectivity index (χ0v) is 57.5. The number of likely N-dealkylation sites (tertiary alicyclic amines) is 1. The highest BCUT2D eigenvalue weighted by Crippen LogP contribution is 2.43. The molecule has 0 spiro atoms. The number of nitrogens with one attached hydrogen (secondary N) is 4. The van der Waals surface area contributed by atoms with Crippen molar-refractivity contribution in [1.29, 1.82) is 0 Å². The van der Waals surface area contributed by atoms with Crippen molar-refractivity contribution in [2.45, 2.75) is 204 Å². The van der Waals surface area contributed by atoms with Crippen LogP contribution in [0.15, 0.2) is 35.3 Å². The van der Waals surface area contributed by atoms with Gasteiger partial charge in [0.25, 0.3) is 17.4 Å². The number of Topliss-reactive ketones (excluding diaryl/α,β-unsaturated/α-hetero) is 2. The number of ketones is 2. The topological polar surface area (TPSA) is 409 Å². The van der Waals surface area contributed by atoms with E-state index >= 15 is 4.39 Å². The molecular weight excluding hydrogens is 1310 g/mol. The number of thioether (sulfide) groups is 1. The number of carbonyl (C=O) groups excluding carboxylic acids is 10. The summed E-state index contributed by atoms with van der Waals surface area (Å²) in [5.74, 6) is -7.40. The molecule has 2 saturated heterocycles. The van der Waals surface area contributed by atoms with Gasteiger partial charge in [-0.05, 0) is 125 Å². The number of hydroxylamine groups is 2. The summed E-state index contributed by atoms with van der Waals surface area (Å²) in [7, 11) is 0. The number of carbonyl (C=O) groups is 10. The number of unbranched alkanes of at least 4 members (excludes halogenated alkanes) is 3. The molecule has 4 aliphatic heterocycles. The molecule has 1 unspecified atom stereocenters. The van der Waals surface area contributed by atoms with Crippen molar-refractivity contribution in [1.82, 2.24) is 40.8 Å². The van der Waals surface area contributed by atoms with Gasteiger partial charge in [0.2, 0.25) is 29.5 Å². The van der Waals surface area contributed by atoms with Crippen molar-refractivity contribution in [3.05, 3.63) is 74.5 Å². The highest BCUT2D eigenvalue weighted by Gasteiger charge is 2.44. The molecule has 8 rings (SSSR count). The summed E-state index contributed by atoms with van der Waals surface area (Å²) in [6.07, 6.45) is -3.10. The van der Waals surface area contributed by atoms with Gasteiger partial charge in [0.05, 0.1) is 54.2 Å². The van der Waals surface area contributed by atoms with Gasteiger partial charge in [0.1, 0.15) is 71.9 Å². The minimum Gasteiger partial charge on any atom is -0.490 e. The number of benzene rings is 1. The van der Waals surface area contributed by atoms with Gasteiger partial charge in [-0.3, -0.25) is 47.9 Å². The quantitative estimate of drug-likeness (QED) is 0.0135. The normalized spacial score (nSPS) is 21.1. The highest BCUT2D eigenvalue weighted by atomic mass is 32.2. The summed E-state index contributed by atoms with van der Waals surface area (Å²) in [5.41, 5.74) is 2.33. The Morgan fingerprint density at radius 2 is 1.57 bits per heavy atom. The lowest BCUT2D eigenvalue weighted by atomic mass is 9.82. The molecule has 0 radical (unpaired) electrons. The van der Waals surface area contributed by atoms with Crippen LogP contribution in [0.1, 0.15) is 158 Å². The lowest BCUT2D eigenvalue weighted by molar-refractivity contribution is -0.201. The molecule has 30 heteroatoms. The average Bonchev–Trinajstić information content (AvgIpc) is 1.67. The third-order valence-electron chi connectivity index (χ3n) is 19.4. The van der Waals surface area contributed by atoms with E-state index in [9.17, 15) is 78.3 Å². The molecule has 542 valence electrons. The predicted octanol–water partition coefficient (Wildman–Crippen LogP) is 1.97. The van der Waals surface area contributed by atoms with E-state index in [0.717, 1.165) is 16.5 Å². The van der Waals surface area contributed by atoms with Crippen LogP contribution in [0.4, 0.5) is 4.39 Å². The number of aliphatic hydroxyl groups excluding tert-OH is 5. The number of aromatic nitrogens is 2. The van der Waals surface area contributed by atoms with E-state index in [4.69, 9.17) is 24.4 Å². The van der Waals surface area contributed by atoms with Crippen LogP contribution >= 0.6 is 11.8 Å². The maximum Gasteiger partial charge on any atom is 0.336 e. The fraction of sp³-hybridized carbons (Fsp3) is 0.623. The van der Waals surface area contributed by atoms with Crippen LogP contribution in [0.2, 0.25) is 0 Å². The van der Waals surface area contributed by atoms with Crippen molar-refractivity contribution in [3.8, 4) is 11.4 Å². The zero-order chi connectivity index (χ0) is 72.2. The van der Waals surface area contributed by atoms with E-state index in [-0.39, 0.29) is 113 Å². The SMILES string of the molecule is C=C1OCc2c(cc3n(c2=O)Cc2cc4c(CCCCOCNC(=O)[C@H](C)NC(=O)[C@@H](NC(=O)[C@H](CCC(=O)NC[C@H](O)[C@@H](O)[C@H](O)[C@H](O)CO)CC(=O)CCCCCSC5C(=O)CN(CC6CCC(C(=O)ON7C(=O)CCC7=O)CC6)C5=O)C(C)C)c(C)c(F)cc4nc2-3)[C@@]1(O)CC. The lowest BCUT2D eigenvalue weighted by Crippen LogP contribution is -2.55. The lowest BCUT2D eigenvalue weighted by Gasteiger charge is -2.35. The van der Waals surface area contributed by atoms with Gasteiger partial charge < -0.3 is 75.7 Å². The van der Waals surface area contributed by atoms with E-state index in [1.807, 2.05) is 6.07 Å². The standard InChI is InChI=1S/C69H93FN8O20S/c1-7-69(95)39(6)97-34-47-48(69)27-51-59-43(31-77(51)66(47)92)26-46-45(37(4)49(70)28-50(46)74-59)14-10-11-23-96-35-72-63(89)38(5)73-65(91)58(36(2)3)75-64(90)42(19-20-55(84)71-29-52(81)60(87)61(88)54(83)33-79)25-44(80)13-9-8-12-24-99-62-53(82)32-76(67(62)93)30-40-15-17-41(18-16-40)68(94)98-78-56(85)21-22-57(78)86/h26-28,36,38,40-42,52,54,58,60-62,79,81,83,87-88,95H,6-25,29-35H2,1-5H3,(H,71,84)(H,72,89)(H,73,91)(H,75,90)/t38-,40?,41?,42+,52-,54+,58-,60+,61+,62?,69+/m0/s1. The van der Waals surface area contributed by atoms with Crippen LogP contribution in [0.25, 0.3) is 22.3 Å². The molecule has 3 aromatic rings. The number of hydrogen-bond donors (Lipinski definition) is 10. The van der Waals surface area contributed by atoms with Crippen molar-refractivity contribution < 1.29 is 97.3 Å². The molecule has 1 saturated carbocycles. The number of halogens is 1. The Hall–Kier alpha value is -7.58. The van der Waals surface area contributed by atoms with Crippen molar-refractivity contribution in [2.24, 2.45) is 23.7 Å². The average molecular weight is 1410 g/mol. The van der Waals surface area contributed by atoms with Gasteiger partial charge in [-0.25, -0.2) is 14.2 Å². The van der Waals surface area contributed by atoms with Crippen molar-refractivity contribution in [3.63, 3.8) is 0 Å². The van der Waals surface area contributed by atoms with Crippen LogP contribution in [-0.2, 0) is 87.4 Å². The van der Waals surface area contributed by atoms with E-state index in [2.05, 4.69) is 27.8 Å². The van der Waals surface area contributed by atoms with Crippen molar-refractivity contribution in [2.75, 3.05) is 45.3 Å². The Kier molecular flexibility index (Phi) is 27.0. The Bertz CT molecular complexity index is 3600. The molecule has 1 aliphatic carbocycles. The molecule has 3 fully saturated rings. The monoisotopic (exact) mass is 1400 g/mol. The van der Waals surface area contributed by atoms with Gasteiger partial charge in [-0.1, -0.05) is 33.8 Å². The predicted molar refractivity (Wildman–Crippen MR) is 355 cm³/mol. The molecular formula is C69H93FN8O20S. The number of nitrogens with zero attached hydrogens (tertiary/aromatic N) is 4. The summed E-state index contributed by atoms with van der Waals surface area (Å²) in [6, 6.07) is 2.73. The fourth-order valence-electron chi connectivity index (χ4n) is 13.2. The molecule has 28 nitrogen and oxygen atoms in total. The molecule has 9 atom stereocenters. The number of fused-ring (bicyclic) bond motifs is 5. The second-order valence-electron chi connectivity index (χ2n) is 26.8. The van der Waals surface area contributed by atoms with Gasteiger partial charge in [0.15, 0.2) is 5.78 Å². The minimum atomic E-state index is -1.96. The first-order valence-corrected chi connectivity index (χ1v) is 35.1. The second kappa shape index (κ2) is 34.7. The Balaban J connectivity index is 0.774. The molecule has 5 aliphatic rings. The van der Waals surface area contributed by atoms with Crippen LogP contribution in [-0.4, -0.2) is 196 Å². The third kappa shape index (κ3) is 18.7. The molecule has 99 heavy (non-hydrogen) atoms. The molecule has 6 heterocycles. The van der Waals surface area contributed by atoms with Crippen molar-refractivity contribution >= 4 is 81.6 Å². The number of aryl methyl sites for hydroxylation is 1. The maximum absolute atomic E-state index is 15.5. The van der Waals surface area contributed by atoms with E-state index < -0.39 is 125 Å². The third-order valence-corrected chi connectivity index (χ3v) is 20.7. The number of pyridine rings is 2. The van der Waals surface area contributed by atoms with E-state index in [1.165, 1.54) is 29.7 Å². The first-order chi connectivity index (χ1) is 47.1. The van der Waals surface area contributed by atoms with Crippen LogP contribution in [0, 0.1) is 36.4 Å². The Morgan fingerprint density at radius 3 is 2.25 bits per heavy atom. The van der Waals surface area contributed by atoms with Gasteiger partial charge in [0, 0.05) is 80.3 Å². The summed E-state index contributed by atoms with van der Waals surface area (Å²) in [5, 5.41) is 71.6. The number of hydrogen-bond acceptors (Lipinski definition) is 22. The zero-order valence-electron chi connectivity index (χ0n) is 56.6. The van der Waals surface area contributed by atoms with Gasteiger partial charge in [-0.2, -0.15) is 0 Å². The van der Waals surface area contributed by atoms with E-state index in [1.54, 1.807) is 38.3 Å². The second-order valence-corrected chi connectivity index (χ2v) is 28.0. The smallest absolute Gasteiger partial charge is 0.336 e. The van der Waals surface area contributed by atoms with E-state index in [0.29, 0.717) is 115 Å². The summed E-state index contributed by atoms with van der Waals surface area (Å²) in [4.78, 5) is 156. The largest absolute Gasteiger partial charge is 0.490 e. The number of rotatable bonds is 36. The maximum atomic E-state index is 15.5. The number of amides is 7. The van der Waals surface area contributed by atoms with Crippen LogP contribution in [0.3, 0.4) is 0 Å². The fourth-order valence-corrected chi connectivity index (χ4v) is 14.4. The molecule has 7 amide bonds. The van der Waals surface area contributed by atoms with Gasteiger partial charge >= 0.3 is 5.97 Å². The van der Waals surface area contributed by atoms with Gasteiger partial charge in [-0.15, -0.1) is 16.8 Å². The summed E-state index contributed by atoms with van der Waals surface area (Å²) < 4.78 is 28.5. The number of ether oxygens (including phenoxy) is 2. The Morgan fingerprint density at radius 1 is 0.859 bits per heavy atom. The highest BCUT2D eigenvalue weighted by molar-refractivity contribution is 8.01.